The van der Waals surface area contributed by atoms with Crippen molar-refractivity contribution >= 4 is 17.7 Å². The second kappa shape index (κ2) is 4.99. The van der Waals surface area contributed by atoms with Crippen LogP contribution in [0.15, 0.2) is 23.2 Å². The van der Waals surface area contributed by atoms with Gasteiger partial charge in [-0.2, -0.15) is 18.2 Å². The molecular weight excluding hydrogens is 279 g/mol. The van der Waals surface area contributed by atoms with E-state index in [1.54, 1.807) is 0 Å². The summed E-state index contributed by atoms with van der Waals surface area (Å²) >= 11 is 5.95. The van der Waals surface area contributed by atoms with E-state index in [-0.39, 0.29) is 5.02 Å². The molecule has 0 radical (unpaired) electrons. The van der Waals surface area contributed by atoms with Crippen molar-refractivity contribution in [2.75, 3.05) is 0 Å². The van der Waals surface area contributed by atoms with Crippen LogP contribution in [0.25, 0.3) is 0 Å². The summed E-state index contributed by atoms with van der Waals surface area (Å²) < 4.78 is 37.7. The first kappa shape index (κ1) is 14.1. The van der Waals surface area contributed by atoms with Gasteiger partial charge in [-0.1, -0.05) is 30.5 Å². The molecule has 0 atom stereocenters. The van der Waals surface area contributed by atoms with E-state index in [0.717, 1.165) is 25.0 Å². The highest BCUT2D eigenvalue weighted by Gasteiger charge is 2.38. The number of benzene rings is 1. The van der Waals surface area contributed by atoms with E-state index >= 15 is 0 Å². The molecule has 0 heterocycles. The van der Waals surface area contributed by atoms with Crippen LogP contribution in [-0.2, 0) is 16.5 Å². The van der Waals surface area contributed by atoms with Gasteiger partial charge >= 0.3 is 6.18 Å². The lowest BCUT2D eigenvalue weighted by atomic mass is 9.88. The second-order valence-electron chi connectivity index (χ2n) is 4.63. The summed E-state index contributed by atoms with van der Waals surface area (Å²) in [6.45, 7) is 0. The Hall–Kier alpha value is -1.32. The van der Waals surface area contributed by atoms with Gasteiger partial charge in [0.2, 0.25) is 6.08 Å². The summed E-state index contributed by atoms with van der Waals surface area (Å²) in [6, 6.07) is 3.18. The van der Waals surface area contributed by atoms with E-state index in [4.69, 9.17) is 11.6 Å². The van der Waals surface area contributed by atoms with E-state index in [0.29, 0.717) is 18.4 Å². The van der Waals surface area contributed by atoms with Crippen molar-refractivity contribution < 1.29 is 18.0 Å². The third-order valence-electron chi connectivity index (χ3n) is 3.49. The minimum atomic E-state index is -4.43. The Labute approximate surface area is 113 Å². The molecule has 0 spiro atoms. The molecule has 0 aromatic heterocycles. The number of rotatable bonds is 2. The lowest BCUT2D eigenvalue weighted by Gasteiger charge is -2.24. The highest BCUT2D eigenvalue weighted by atomic mass is 35.5. The molecule has 1 fully saturated rings. The number of nitrogens with zero attached hydrogens (tertiary/aromatic N) is 1. The van der Waals surface area contributed by atoms with Crippen LogP contribution in [0.4, 0.5) is 13.2 Å². The average molecular weight is 290 g/mol. The van der Waals surface area contributed by atoms with Gasteiger partial charge in [-0.05, 0) is 30.5 Å². The smallest absolute Gasteiger partial charge is 0.211 e. The van der Waals surface area contributed by atoms with Gasteiger partial charge in [-0.15, -0.1) is 0 Å². The van der Waals surface area contributed by atoms with Gasteiger partial charge in [-0.25, -0.2) is 4.79 Å². The molecule has 1 aromatic carbocycles. The molecule has 102 valence electrons. The minimum Gasteiger partial charge on any atom is -0.211 e. The molecule has 2 rings (SSSR count). The van der Waals surface area contributed by atoms with Crippen LogP contribution < -0.4 is 0 Å². The summed E-state index contributed by atoms with van der Waals surface area (Å²) in [6.07, 6.45) is 0.0198. The maximum Gasteiger partial charge on any atom is 0.416 e. The molecule has 1 saturated carbocycles. The van der Waals surface area contributed by atoms with Crippen molar-refractivity contribution in [1.82, 2.24) is 0 Å². The SMILES string of the molecule is O=C=NC1(c2ccc(C(F)(F)F)cc2Cl)CCCC1. The average Bonchev–Trinajstić information content (AvgIpc) is 2.77. The first-order chi connectivity index (χ1) is 8.89. The van der Waals surface area contributed by atoms with E-state index in [2.05, 4.69) is 4.99 Å². The normalized spacial score (nSPS) is 18.1. The Balaban J connectivity index is 2.48. The van der Waals surface area contributed by atoms with Crippen LogP contribution in [0.1, 0.15) is 36.8 Å². The number of aliphatic imine (C=N–C) groups is 1. The standard InChI is InChI=1S/C13H11ClF3NO/c14-11-7-9(13(15,16)17)3-4-10(11)12(18-8-19)5-1-2-6-12/h3-4,7H,1-2,5-6H2. The summed E-state index contributed by atoms with van der Waals surface area (Å²) in [5.74, 6) is 0. The first-order valence-electron chi connectivity index (χ1n) is 5.85. The Morgan fingerprint density at radius 2 is 1.89 bits per heavy atom. The third kappa shape index (κ3) is 2.67. The molecule has 0 aliphatic heterocycles. The number of halogens is 4. The predicted molar refractivity (Wildman–Crippen MR) is 64.7 cm³/mol. The first-order valence-corrected chi connectivity index (χ1v) is 6.23. The van der Waals surface area contributed by atoms with Gasteiger partial charge in [0.05, 0.1) is 11.1 Å². The van der Waals surface area contributed by atoms with Gasteiger partial charge in [0.15, 0.2) is 0 Å². The van der Waals surface area contributed by atoms with Crippen LogP contribution in [-0.4, -0.2) is 6.08 Å². The van der Waals surface area contributed by atoms with Crippen molar-refractivity contribution in [3.8, 4) is 0 Å². The van der Waals surface area contributed by atoms with Gasteiger partial charge in [0, 0.05) is 5.02 Å². The topological polar surface area (TPSA) is 29.4 Å². The van der Waals surface area contributed by atoms with E-state index in [9.17, 15) is 18.0 Å². The number of carbonyl (C=O) groups excluding carboxylic acids is 1. The molecule has 1 aliphatic rings. The summed E-state index contributed by atoms with van der Waals surface area (Å²) in [4.78, 5) is 14.4. The van der Waals surface area contributed by atoms with Gasteiger partial charge in [-0.3, -0.25) is 0 Å². The predicted octanol–water partition coefficient (Wildman–Crippen LogP) is 4.46. The quantitative estimate of drug-likeness (QED) is 0.583. The molecular formula is C13H11ClF3NO. The number of hydrogen-bond donors (Lipinski definition) is 0. The van der Waals surface area contributed by atoms with Gasteiger partial charge < -0.3 is 0 Å². The Kier molecular flexibility index (Phi) is 3.70. The fourth-order valence-corrected chi connectivity index (χ4v) is 2.91. The lowest BCUT2D eigenvalue weighted by molar-refractivity contribution is -0.137. The maximum atomic E-state index is 12.6. The third-order valence-corrected chi connectivity index (χ3v) is 3.80. The summed E-state index contributed by atoms with van der Waals surface area (Å²) in [5, 5.41) is -0.00396. The Bertz CT molecular complexity index is 529. The van der Waals surface area contributed by atoms with E-state index < -0.39 is 17.3 Å². The highest BCUT2D eigenvalue weighted by molar-refractivity contribution is 6.31. The summed E-state index contributed by atoms with van der Waals surface area (Å²) in [7, 11) is 0. The molecule has 0 N–H and O–H groups in total. The highest BCUT2D eigenvalue weighted by Crippen LogP contribution is 2.45. The molecule has 0 bridgehead atoms. The second-order valence-corrected chi connectivity index (χ2v) is 5.04. The van der Waals surface area contributed by atoms with Crippen molar-refractivity contribution in [2.45, 2.75) is 37.4 Å². The zero-order chi connectivity index (χ0) is 14.1. The number of isocyanates is 1. The molecule has 0 amide bonds. The molecule has 0 unspecified atom stereocenters. The van der Waals surface area contributed by atoms with Crippen LogP contribution in [0.2, 0.25) is 5.02 Å². The van der Waals surface area contributed by atoms with Crippen LogP contribution in [0.5, 0.6) is 0 Å². The van der Waals surface area contributed by atoms with Crippen LogP contribution >= 0.6 is 11.6 Å². The Morgan fingerprint density at radius 1 is 1.26 bits per heavy atom. The number of alkyl halides is 3. The van der Waals surface area contributed by atoms with E-state index in [1.807, 2.05) is 0 Å². The largest absolute Gasteiger partial charge is 0.416 e. The van der Waals surface area contributed by atoms with Crippen LogP contribution in [0.3, 0.4) is 0 Å². The lowest BCUT2D eigenvalue weighted by Crippen LogP contribution is -2.20. The fraction of sp³-hybridized carbons (Fsp3) is 0.462. The summed E-state index contributed by atoms with van der Waals surface area (Å²) in [5.41, 5.74) is -1.13. The molecule has 1 aromatic rings. The number of hydrogen-bond acceptors (Lipinski definition) is 2. The van der Waals surface area contributed by atoms with Crippen molar-refractivity contribution in [1.29, 1.82) is 0 Å². The Morgan fingerprint density at radius 3 is 2.37 bits per heavy atom. The minimum absolute atomic E-state index is 0.00396. The molecule has 0 saturated heterocycles. The fourth-order valence-electron chi connectivity index (χ4n) is 2.56. The molecule has 2 nitrogen and oxygen atoms in total. The monoisotopic (exact) mass is 289 g/mol. The van der Waals surface area contributed by atoms with Crippen LogP contribution in [0, 0.1) is 0 Å². The van der Waals surface area contributed by atoms with Gasteiger partial charge in [0.25, 0.3) is 0 Å². The zero-order valence-corrected chi connectivity index (χ0v) is 10.7. The maximum absolute atomic E-state index is 12.6. The molecule has 19 heavy (non-hydrogen) atoms. The molecule has 1 aliphatic carbocycles. The van der Waals surface area contributed by atoms with Crippen molar-refractivity contribution in [3.63, 3.8) is 0 Å². The van der Waals surface area contributed by atoms with Crippen molar-refractivity contribution in [3.05, 3.63) is 34.3 Å². The van der Waals surface area contributed by atoms with Gasteiger partial charge in [0.1, 0.15) is 0 Å². The molecule has 6 heteroatoms. The van der Waals surface area contributed by atoms with E-state index in [1.165, 1.54) is 12.1 Å². The zero-order valence-electron chi connectivity index (χ0n) is 9.93. The van der Waals surface area contributed by atoms with Crippen molar-refractivity contribution in [2.24, 2.45) is 4.99 Å².